The van der Waals surface area contributed by atoms with Gasteiger partial charge in [-0.15, -0.1) is 0 Å². The molecule has 1 aromatic carbocycles. The van der Waals surface area contributed by atoms with Gasteiger partial charge in [0.15, 0.2) is 0 Å². The summed E-state index contributed by atoms with van der Waals surface area (Å²) in [7, 11) is 1.90. The maximum atomic E-state index is 12.5. The number of hydrogen-bond donors (Lipinski definition) is 1. The second-order valence-electron chi connectivity index (χ2n) is 7.17. The molecule has 5 heteroatoms. The Morgan fingerprint density at radius 2 is 2.24 bits per heavy atom. The first kappa shape index (κ1) is 17.7. The summed E-state index contributed by atoms with van der Waals surface area (Å²) >= 11 is 0. The van der Waals surface area contributed by atoms with Crippen LogP contribution in [0.3, 0.4) is 0 Å². The molecule has 1 fully saturated rings. The van der Waals surface area contributed by atoms with Gasteiger partial charge >= 0.3 is 0 Å². The highest BCUT2D eigenvalue weighted by molar-refractivity contribution is 5.79. The number of benzene rings is 1. The lowest BCUT2D eigenvalue weighted by molar-refractivity contribution is -0.121. The minimum absolute atomic E-state index is 0.00341. The summed E-state index contributed by atoms with van der Waals surface area (Å²) in [6, 6.07) is 8.28. The number of nitrogens with zero attached hydrogens (tertiary/aromatic N) is 2. The van der Waals surface area contributed by atoms with Crippen LogP contribution >= 0.6 is 0 Å². The Morgan fingerprint density at radius 3 is 2.92 bits per heavy atom. The SMILES string of the molecule is Cc1nn(C)cc1[C@@H]1OCC[C@H]1NC(=O)Cc1cccc(C(C)C)c1. The van der Waals surface area contributed by atoms with Crippen molar-refractivity contribution in [1.29, 1.82) is 0 Å². The van der Waals surface area contributed by atoms with E-state index in [1.54, 1.807) is 4.68 Å². The predicted octanol–water partition coefficient (Wildman–Crippen LogP) is 3.04. The molecule has 3 rings (SSSR count). The van der Waals surface area contributed by atoms with Crippen LogP contribution in [0.2, 0.25) is 0 Å². The van der Waals surface area contributed by atoms with Gasteiger partial charge in [-0.2, -0.15) is 5.10 Å². The molecule has 1 amide bonds. The van der Waals surface area contributed by atoms with Crippen molar-refractivity contribution in [3.05, 3.63) is 52.8 Å². The van der Waals surface area contributed by atoms with E-state index in [1.165, 1.54) is 5.56 Å². The van der Waals surface area contributed by atoms with Crippen molar-refractivity contribution in [2.24, 2.45) is 7.05 Å². The number of aromatic nitrogens is 2. The van der Waals surface area contributed by atoms with Gasteiger partial charge in [-0.05, 0) is 30.4 Å². The van der Waals surface area contributed by atoms with Crippen LogP contribution in [0.25, 0.3) is 0 Å². The lowest BCUT2D eigenvalue weighted by atomic mass is 9.99. The van der Waals surface area contributed by atoms with Crippen molar-refractivity contribution in [2.45, 2.75) is 51.7 Å². The molecule has 0 bridgehead atoms. The van der Waals surface area contributed by atoms with Crippen molar-refractivity contribution in [3.8, 4) is 0 Å². The fraction of sp³-hybridized carbons (Fsp3) is 0.500. The molecule has 2 heterocycles. The topological polar surface area (TPSA) is 56.1 Å². The van der Waals surface area contributed by atoms with E-state index < -0.39 is 0 Å². The lowest BCUT2D eigenvalue weighted by Crippen LogP contribution is -2.37. The smallest absolute Gasteiger partial charge is 0.224 e. The van der Waals surface area contributed by atoms with Crippen LogP contribution in [0, 0.1) is 6.92 Å². The Bertz CT molecular complexity index is 751. The molecular weight excluding hydrogens is 314 g/mol. The summed E-state index contributed by atoms with van der Waals surface area (Å²) in [6.45, 7) is 6.96. The minimum Gasteiger partial charge on any atom is -0.371 e. The second kappa shape index (κ2) is 7.40. The van der Waals surface area contributed by atoms with Gasteiger partial charge in [0.1, 0.15) is 6.10 Å². The molecule has 1 aliphatic heterocycles. The van der Waals surface area contributed by atoms with E-state index in [1.807, 2.05) is 32.3 Å². The largest absolute Gasteiger partial charge is 0.371 e. The molecule has 1 saturated heterocycles. The molecule has 0 unspecified atom stereocenters. The van der Waals surface area contributed by atoms with E-state index in [9.17, 15) is 4.79 Å². The molecule has 1 N–H and O–H groups in total. The van der Waals surface area contributed by atoms with Crippen molar-refractivity contribution < 1.29 is 9.53 Å². The monoisotopic (exact) mass is 341 g/mol. The molecular formula is C20H27N3O2. The second-order valence-corrected chi connectivity index (χ2v) is 7.17. The number of nitrogens with one attached hydrogen (secondary N) is 1. The van der Waals surface area contributed by atoms with Crippen LogP contribution in [0.4, 0.5) is 0 Å². The van der Waals surface area contributed by atoms with E-state index in [0.29, 0.717) is 18.9 Å². The zero-order valence-corrected chi connectivity index (χ0v) is 15.5. The summed E-state index contributed by atoms with van der Waals surface area (Å²) in [4.78, 5) is 12.5. The van der Waals surface area contributed by atoms with Crippen molar-refractivity contribution >= 4 is 5.91 Å². The molecule has 25 heavy (non-hydrogen) atoms. The van der Waals surface area contributed by atoms with Gasteiger partial charge in [0.25, 0.3) is 0 Å². The van der Waals surface area contributed by atoms with E-state index in [0.717, 1.165) is 23.2 Å². The number of aryl methyl sites for hydroxylation is 2. The minimum atomic E-state index is -0.111. The molecule has 0 spiro atoms. The fourth-order valence-corrected chi connectivity index (χ4v) is 3.45. The fourth-order valence-electron chi connectivity index (χ4n) is 3.45. The maximum Gasteiger partial charge on any atom is 0.224 e. The molecule has 0 radical (unpaired) electrons. The summed E-state index contributed by atoms with van der Waals surface area (Å²) in [5.74, 6) is 0.507. The third-order valence-corrected chi connectivity index (χ3v) is 4.78. The third kappa shape index (κ3) is 4.10. The average molecular weight is 341 g/mol. The van der Waals surface area contributed by atoms with Gasteiger partial charge in [-0.25, -0.2) is 0 Å². The summed E-state index contributed by atoms with van der Waals surface area (Å²) in [5, 5.41) is 7.55. The average Bonchev–Trinajstić information content (AvgIpc) is 3.13. The van der Waals surface area contributed by atoms with Gasteiger partial charge < -0.3 is 10.1 Å². The molecule has 0 saturated carbocycles. The van der Waals surface area contributed by atoms with Crippen LogP contribution in [0.1, 0.15) is 54.7 Å². The quantitative estimate of drug-likeness (QED) is 0.909. The van der Waals surface area contributed by atoms with Crippen LogP contribution in [-0.2, 0) is 23.0 Å². The number of amides is 1. The van der Waals surface area contributed by atoms with Crippen molar-refractivity contribution in [2.75, 3.05) is 6.61 Å². The first-order chi connectivity index (χ1) is 11.9. The number of hydrogen-bond acceptors (Lipinski definition) is 3. The molecule has 0 aliphatic carbocycles. The van der Waals surface area contributed by atoms with Crippen LogP contribution < -0.4 is 5.32 Å². The first-order valence-corrected chi connectivity index (χ1v) is 8.94. The van der Waals surface area contributed by atoms with E-state index in [-0.39, 0.29) is 18.1 Å². The van der Waals surface area contributed by atoms with Gasteiger partial charge in [-0.3, -0.25) is 9.48 Å². The Kier molecular flexibility index (Phi) is 5.23. The van der Waals surface area contributed by atoms with E-state index >= 15 is 0 Å². The molecule has 1 aliphatic rings. The van der Waals surface area contributed by atoms with Gasteiger partial charge in [-0.1, -0.05) is 38.1 Å². The zero-order valence-electron chi connectivity index (χ0n) is 15.5. The lowest BCUT2D eigenvalue weighted by Gasteiger charge is -2.19. The standard InChI is InChI=1S/C20H27N3O2/c1-13(2)16-7-5-6-15(10-16)11-19(24)21-18-8-9-25-20(18)17-12-23(4)22-14(17)3/h5-7,10,12-13,18,20H,8-9,11H2,1-4H3,(H,21,24)/t18-,20+/m1/s1. The highest BCUT2D eigenvalue weighted by Gasteiger charge is 2.33. The van der Waals surface area contributed by atoms with Gasteiger partial charge in [0, 0.05) is 25.4 Å². The van der Waals surface area contributed by atoms with Gasteiger partial charge in [0.2, 0.25) is 5.91 Å². The zero-order chi connectivity index (χ0) is 18.0. The van der Waals surface area contributed by atoms with Crippen molar-refractivity contribution in [3.63, 3.8) is 0 Å². The third-order valence-electron chi connectivity index (χ3n) is 4.78. The normalized spacial score (nSPS) is 20.2. The van der Waals surface area contributed by atoms with E-state index in [4.69, 9.17) is 4.74 Å². The Hall–Kier alpha value is -2.14. The number of ether oxygens (including phenoxy) is 1. The predicted molar refractivity (Wildman–Crippen MR) is 97.4 cm³/mol. The Morgan fingerprint density at radius 1 is 1.44 bits per heavy atom. The van der Waals surface area contributed by atoms with Crippen LogP contribution in [-0.4, -0.2) is 28.3 Å². The maximum absolute atomic E-state index is 12.5. The van der Waals surface area contributed by atoms with Crippen LogP contribution in [0.5, 0.6) is 0 Å². The summed E-state index contributed by atoms with van der Waals surface area (Å²) in [6.07, 6.45) is 3.10. The van der Waals surface area contributed by atoms with Gasteiger partial charge in [0.05, 0.1) is 18.2 Å². The van der Waals surface area contributed by atoms with E-state index in [2.05, 4.69) is 36.4 Å². The summed E-state index contributed by atoms with van der Waals surface area (Å²) < 4.78 is 7.67. The first-order valence-electron chi connectivity index (χ1n) is 8.94. The number of rotatable bonds is 5. The van der Waals surface area contributed by atoms with Crippen molar-refractivity contribution in [1.82, 2.24) is 15.1 Å². The van der Waals surface area contributed by atoms with Crippen LogP contribution in [0.15, 0.2) is 30.5 Å². The number of carbonyl (C=O) groups excluding carboxylic acids is 1. The highest BCUT2D eigenvalue weighted by atomic mass is 16.5. The Labute approximate surface area is 149 Å². The Balaban J connectivity index is 1.66. The highest BCUT2D eigenvalue weighted by Crippen LogP contribution is 2.30. The summed E-state index contributed by atoms with van der Waals surface area (Å²) in [5.41, 5.74) is 4.33. The molecule has 134 valence electrons. The molecule has 2 atom stereocenters. The molecule has 2 aromatic rings. The molecule has 5 nitrogen and oxygen atoms in total. The molecule has 1 aromatic heterocycles. The number of carbonyl (C=O) groups is 1.